The smallest absolute Gasteiger partial charge is 0.242 e. The lowest BCUT2D eigenvalue weighted by atomic mass is 10.0. The van der Waals surface area contributed by atoms with Crippen molar-refractivity contribution in [1.82, 2.24) is 9.80 Å². The van der Waals surface area contributed by atoms with Gasteiger partial charge in [0.1, 0.15) is 12.4 Å². The molecule has 1 aromatic carbocycles. The van der Waals surface area contributed by atoms with Crippen molar-refractivity contribution in [3.8, 4) is 5.75 Å². The Labute approximate surface area is 176 Å². The molecule has 0 radical (unpaired) electrons. The first-order valence-electron chi connectivity index (χ1n) is 10.5. The number of hydrogen-bond acceptors (Lipinski definition) is 4. The third-order valence-electron chi connectivity index (χ3n) is 5.62. The van der Waals surface area contributed by atoms with Crippen molar-refractivity contribution in [2.24, 2.45) is 5.92 Å². The van der Waals surface area contributed by atoms with Crippen molar-refractivity contribution in [3.63, 3.8) is 0 Å². The van der Waals surface area contributed by atoms with Gasteiger partial charge in [0.15, 0.2) is 0 Å². The molecule has 1 atom stereocenters. The van der Waals surface area contributed by atoms with Gasteiger partial charge in [-0.25, -0.2) is 0 Å². The molecule has 4 rings (SSSR count). The number of ether oxygens (including phenoxy) is 1. The molecule has 29 heavy (non-hydrogen) atoms. The molecule has 2 aliphatic rings. The van der Waals surface area contributed by atoms with Crippen LogP contribution in [-0.2, 0) is 16.0 Å². The van der Waals surface area contributed by atoms with E-state index in [-0.39, 0.29) is 30.3 Å². The second-order valence-corrected chi connectivity index (χ2v) is 8.81. The van der Waals surface area contributed by atoms with E-state index in [0.717, 1.165) is 31.4 Å². The highest BCUT2D eigenvalue weighted by Gasteiger charge is 2.36. The number of benzene rings is 1. The quantitative estimate of drug-likeness (QED) is 0.661. The molecule has 154 valence electrons. The Balaban J connectivity index is 1.48. The van der Waals surface area contributed by atoms with Crippen molar-refractivity contribution >= 4 is 23.2 Å². The van der Waals surface area contributed by atoms with Crippen LogP contribution in [0.15, 0.2) is 41.8 Å². The van der Waals surface area contributed by atoms with Gasteiger partial charge in [-0.05, 0) is 54.8 Å². The third-order valence-corrected chi connectivity index (χ3v) is 6.62. The van der Waals surface area contributed by atoms with E-state index in [9.17, 15) is 9.59 Å². The molecule has 1 saturated carbocycles. The number of hydrogen-bond donors (Lipinski definition) is 0. The number of fused-ring (bicyclic) bond motifs is 1. The SMILES string of the molecule is CCCN(CC(=O)N1CCc2sccc2[C@H]1COc1ccccc1)C(=O)C1CC1. The van der Waals surface area contributed by atoms with Gasteiger partial charge < -0.3 is 14.5 Å². The molecule has 0 unspecified atom stereocenters. The molecule has 2 aromatic rings. The number of para-hydroxylation sites is 1. The van der Waals surface area contributed by atoms with Crippen LogP contribution in [0.5, 0.6) is 5.75 Å². The topological polar surface area (TPSA) is 49.9 Å². The Kier molecular flexibility index (Phi) is 6.19. The first-order valence-corrected chi connectivity index (χ1v) is 11.4. The van der Waals surface area contributed by atoms with Crippen LogP contribution in [0.4, 0.5) is 0 Å². The summed E-state index contributed by atoms with van der Waals surface area (Å²) in [6.07, 6.45) is 3.65. The van der Waals surface area contributed by atoms with Crippen molar-refractivity contribution < 1.29 is 14.3 Å². The summed E-state index contributed by atoms with van der Waals surface area (Å²) in [6, 6.07) is 11.7. The van der Waals surface area contributed by atoms with Crippen LogP contribution in [0.25, 0.3) is 0 Å². The number of carbonyl (C=O) groups excluding carboxylic acids is 2. The third kappa shape index (κ3) is 4.64. The number of amides is 2. The summed E-state index contributed by atoms with van der Waals surface area (Å²) in [5, 5.41) is 2.09. The second kappa shape index (κ2) is 8.99. The van der Waals surface area contributed by atoms with Crippen LogP contribution in [0, 0.1) is 5.92 Å². The fraction of sp³-hybridized carbons (Fsp3) is 0.478. The fourth-order valence-corrected chi connectivity index (χ4v) is 4.87. The maximum atomic E-state index is 13.3. The Morgan fingerprint density at radius 1 is 1.21 bits per heavy atom. The molecule has 6 heteroatoms. The normalized spacial score (nSPS) is 18.2. The van der Waals surface area contributed by atoms with E-state index in [0.29, 0.717) is 19.7 Å². The zero-order valence-corrected chi connectivity index (χ0v) is 17.7. The number of nitrogens with zero attached hydrogens (tertiary/aromatic N) is 2. The molecule has 1 aliphatic carbocycles. The second-order valence-electron chi connectivity index (χ2n) is 7.81. The van der Waals surface area contributed by atoms with E-state index < -0.39 is 0 Å². The van der Waals surface area contributed by atoms with E-state index in [2.05, 4.69) is 11.4 Å². The highest BCUT2D eigenvalue weighted by molar-refractivity contribution is 7.10. The maximum Gasteiger partial charge on any atom is 0.242 e. The number of carbonyl (C=O) groups is 2. The zero-order valence-electron chi connectivity index (χ0n) is 16.9. The monoisotopic (exact) mass is 412 g/mol. The molecule has 0 N–H and O–H groups in total. The van der Waals surface area contributed by atoms with Gasteiger partial charge in [0.05, 0.1) is 12.6 Å². The predicted molar refractivity (Wildman–Crippen MR) is 114 cm³/mol. The standard InChI is InChI=1S/C23H28N2O3S/c1-2-12-24(23(27)17-8-9-17)15-22(26)25-13-10-21-19(11-14-29-21)20(25)16-28-18-6-4-3-5-7-18/h3-7,11,14,17,20H,2,8-10,12-13,15-16H2,1H3/t20-/m1/s1. The van der Waals surface area contributed by atoms with Gasteiger partial charge in [0.2, 0.25) is 11.8 Å². The maximum absolute atomic E-state index is 13.3. The minimum Gasteiger partial charge on any atom is -0.491 e. The zero-order chi connectivity index (χ0) is 20.2. The van der Waals surface area contributed by atoms with Crippen LogP contribution in [0.2, 0.25) is 0 Å². The van der Waals surface area contributed by atoms with Crippen LogP contribution >= 0.6 is 11.3 Å². The van der Waals surface area contributed by atoms with Gasteiger partial charge in [-0.1, -0.05) is 25.1 Å². The number of thiophene rings is 1. The molecule has 1 fully saturated rings. The lowest BCUT2D eigenvalue weighted by Crippen LogP contribution is -2.48. The van der Waals surface area contributed by atoms with Crippen molar-refractivity contribution in [3.05, 3.63) is 52.2 Å². The summed E-state index contributed by atoms with van der Waals surface area (Å²) < 4.78 is 6.03. The van der Waals surface area contributed by atoms with E-state index >= 15 is 0 Å². The molecule has 1 aromatic heterocycles. The largest absolute Gasteiger partial charge is 0.491 e. The van der Waals surface area contributed by atoms with Gasteiger partial charge >= 0.3 is 0 Å². The van der Waals surface area contributed by atoms with Gasteiger partial charge in [0.25, 0.3) is 0 Å². The highest BCUT2D eigenvalue weighted by atomic mass is 32.1. The van der Waals surface area contributed by atoms with Gasteiger partial charge in [0, 0.05) is 23.9 Å². The molecule has 5 nitrogen and oxygen atoms in total. The van der Waals surface area contributed by atoms with Gasteiger partial charge in [-0.3, -0.25) is 9.59 Å². The minimum atomic E-state index is -0.114. The van der Waals surface area contributed by atoms with Crippen LogP contribution in [0.3, 0.4) is 0 Å². The Bertz CT molecular complexity index is 847. The lowest BCUT2D eigenvalue weighted by molar-refractivity contribution is -0.143. The van der Waals surface area contributed by atoms with E-state index in [1.165, 1.54) is 10.4 Å². The van der Waals surface area contributed by atoms with Gasteiger partial charge in [-0.15, -0.1) is 11.3 Å². The average molecular weight is 413 g/mol. The van der Waals surface area contributed by atoms with Crippen LogP contribution in [0.1, 0.15) is 42.7 Å². The van der Waals surface area contributed by atoms with Crippen molar-refractivity contribution in [2.75, 3.05) is 26.2 Å². The predicted octanol–water partition coefficient (Wildman–Crippen LogP) is 3.90. The van der Waals surface area contributed by atoms with Crippen LogP contribution in [-0.4, -0.2) is 47.9 Å². The summed E-state index contributed by atoms with van der Waals surface area (Å²) in [5.41, 5.74) is 1.18. The summed E-state index contributed by atoms with van der Waals surface area (Å²) in [6.45, 7) is 3.96. The fourth-order valence-electron chi connectivity index (χ4n) is 3.95. The summed E-state index contributed by atoms with van der Waals surface area (Å²) in [4.78, 5) is 30.9. The van der Waals surface area contributed by atoms with Gasteiger partial charge in [-0.2, -0.15) is 0 Å². The van der Waals surface area contributed by atoms with E-state index in [1.807, 2.05) is 42.2 Å². The molecular formula is C23H28N2O3S. The summed E-state index contributed by atoms with van der Waals surface area (Å²) in [5.74, 6) is 1.10. The van der Waals surface area contributed by atoms with Crippen molar-refractivity contribution in [1.29, 1.82) is 0 Å². The van der Waals surface area contributed by atoms with Crippen molar-refractivity contribution in [2.45, 2.75) is 38.6 Å². The molecule has 0 saturated heterocycles. The summed E-state index contributed by atoms with van der Waals surface area (Å²) in [7, 11) is 0. The minimum absolute atomic E-state index is 0.0194. The first kappa shape index (κ1) is 20.0. The van der Waals surface area contributed by atoms with Crippen LogP contribution < -0.4 is 4.74 Å². The Hall–Kier alpha value is -2.34. The molecule has 0 spiro atoms. The Morgan fingerprint density at radius 3 is 2.72 bits per heavy atom. The van der Waals surface area contributed by atoms with E-state index in [1.54, 1.807) is 16.2 Å². The molecule has 2 amide bonds. The summed E-state index contributed by atoms with van der Waals surface area (Å²) >= 11 is 1.75. The Morgan fingerprint density at radius 2 is 2.00 bits per heavy atom. The van der Waals surface area contributed by atoms with E-state index in [4.69, 9.17) is 4.74 Å². The number of rotatable bonds is 8. The molecule has 1 aliphatic heterocycles. The molecule has 0 bridgehead atoms. The lowest BCUT2D eigenvalue weighted by Gasteiger charge is -2.37. The average Bonchev–Trinajstić information content (AvgIpc) is 3.48. The first-order chi connectivity index (χ1) is 14.2. The highest BCUT2D eigenvalue weighted by Crippen LogP contribution is 2.35. The molecule has 2 heterocycles. The molecular weight excluding hydrogens is 384 g/mol.